The highest BCUT2D eigenvalue weighted by Gasteiger charge is 2.25. The van der Waals surface area contributed by atoms with Gasteiger partial charge < -0.3 is 8.98 Å². The lowest BCUT2D eigenvalue weighted by molar-refractivity contribution is 0.620. The van der Waals surface area contributed by atoms with Crippen LogP contribution in [-0.4, -0.2) is 29.1 Å². The average Bonchev–Trinajstić information content (AvgIpc) is 4.00. The predicted octanol–water partition coefficient (Wildman–Crippen LogP) is 12.9. The van der Waals surface area contributed by atoms with Crippen LogP contribution in [0.3, 0.4) is 0 Å². The Bertz CT molecular complexity index is 3480. The lowest BCUT2D eigenvalue weighted by atomic mass is 10.0. The predicted molar refractivity (Wildman–Crippen MR) is 238 cm³/mol. The third kappa shape index (κ3) is 5.29. The number of hydrogen-bond donors (Lipinski definition) is 0. The van der Waals surface area contributed by atoms with Gasteiger partial charge in [-0.3, -0.25) is 4.57 Å². The molecule has 0 aliphatic rings. The number of benzene rings is 8. The molecule has 0 spiro atoms. The first-order chi connectivity index (χ1) is 29.3. The molecule has 0 saturated heterocycles. The van der Waals surface area contributed by atoms with Crippen molar-refractivity contribution in [3.63, 3.8) is 0 Å². The van der Waals surface area contributed by atoms with Gasteiger partial charge in [0.25, 0.3) is 0 Å². The summed E-state index contributed by atoms with van der Waals surface area (Å²) in [5, 5.41) is 4.31. The maximum atomic E-state index is 6.48. The normalized spacial score (nSPS) is 11.7. The topological polar surface area (TPSA) is 74.6 Å². The van der Waals surface area contributed by atoms with Crippen LogP contribution in [0, 0.1) is 0 Å². The third-order valence-corrected chi connectivity index (χ3v) is 11.2. The molecule has 0 bridgehead atoms. The molecule has 0 N–H and O–H groups in total. The summed E-state index contributed by atoms with van der Waals surface area (Å²) in [6.07, 6.45) is 0. The lowest BCUT2D eigenvalue weighted by Crippen LogP contribution is -2.08. The van der Waals surface area contributed by atoms with Gasteiger partial charge >= 0.3 is 0 Å². The molecule has 0 saturated carbocycles. The second-order valence-corrected chi connectivity index (χ2v) is 14.7. The molecule has 0 amide bonds. The maximum Gasteiger partial charge on any atom is 0.238 e. The number of oxazole rings is 1. The molecule has 7 nitrogen and oxygen atoms in total. The molecule has 0 atom stereocenters. The zero-order valence-electron chi connectivity index (χ0n) is 31.6. The Balaban J connectivity index is 1.21. The van der Waals surface area contributed by atoms with E-state index in [-0.39, 0.29) is 0 Å². The van der Waals surface area contributed by atoms with Crippen molar-refractivity contribution >= 4 is 54.7 Å². The van der Waals surface area contributed by atoms with Crippen LogP contribution in [0.1, 0.15) is 0 Å². The molecule has 7 heteroatoms. The summed E-state index contributed by atoms with van der Waals surface area (Å²) in [6, 6.07) is 66.9. The molecule has 0 radical (unpaired) electrons. The van der Waals surface area contributed by atoms with Crippen molar-refractivity contribution in [2.45, 2.75) is 0 Å². The number of nitrogens with zero attached hydrogens (tertiary/aromatic N) is 6. The summed E-state index contributed by atoms with van der Waals surface area (Å²) in [5.41, 5.74) is 11.6. The van der Waals surface area contributed by atoms with Crippen LogP contribution < -0.4 is 0 Å². The number of hydrogen-bond acceptors (Lipinski definition) is 5. The number of fused-ring (bicyclic) bond motifs is 8. The number of aromatic nitrogens is 6. The van der Waals surface area contributed by atoms with Gasteiger partial charge in [-0.1, -0.05) is 146 Å². The van der Waals surface area contributed by atoms with Gasteiger partial charge in [0.05, 0.1) is 27.8 Å². The molecule has 8 aromatic carbocycles. The highest BCUT2D eigenvalue weighted by molar-refractivity contribution is 6.22. The third-order valence-electron chi connectivity index (χ3n) is 11.2. The zero-order chi connectivity index (χ0) is 38.9. The fraction of sp³-hybridized carbons (Fsp3) is 0. The molecule has 276 valence electrons. The van der Waals surface area contributed by atoms with E-state index in [4.69, 9.17) is 24.4 Å². The van der Waals surface area contributed by atoms with Crippen LogP contribution in [0.25, 0.3) is 112 Å². The van der Waals surface area contributed by atoms with Crippen LogP contribution in [0.5, 0.6) is 0 Å². The summed E-state index contributed by atoms with van der Waals surface area (Å²) >= 11 is 0. The second kappa shape index (κ2) is 13.2. The summed E-state index contributed by atoms with van der Waals surface area (Å²) in [6.45, 7) is 0. The van der Waals surface area contributed by atoms with Crippen molar-refractivity contribution in [1.82, 2.24) is 29.1 Å². The van der Waals surface area contributed by atoms with E-state index < -0.39 is 0 Å². The van der Waals surface area contributed by atoms with E-state index in [0.29, 0.717) is 29.1 Å². The first kappa shape index (κ1) is 33.0. The average molecular weight is 757 g/mol. The summed E-state index contributed by atoms with van der Waals surface area (Å²) in [4.78, 5) is 20.8. The minimum absolute atomic E-state index is 0.503. The molecule has 12 rings (SSSR count). The monoisotopic (exact) mass is 756 g/mol. The van der Waals surface area contributed by atoms with Crippen molar-refractivity contribution in [2.75, 3.05) is 0 Å². The Hall–Kier alpha value is -8.16. The molecule has 4 heterocycles. The molecule has 0 aliphatic heterocycles. The minimum atomic E-state index is 0.503. The van der Waals surface area contributed by atoms with E-state index in [1.807, 2.05) is 97.1 Å². The van der Waals surface area contributed by atoms with Crippen LogP contribution in [-0.2, 0) is 0 Å². The van der Waals surface area contributed by atoms with Crippen molar-refractivity contribution in [3.8, 4) is 57.0 Å². The van der Waals surface area contributed by atoms with Gasteiger partial charge in [0, 0.05) is 38.2 Å². The number of rotatable bonds is 6. The molecule has 0 aliphatic carbocycles. The highest BCUT2D eigenvalue weighted by atomic mass is 16.3. The largest absolute Gasteiger partial charge is 0.436 e. The van der Waals surface area contributed by atoms with Gasteiger partial charge in [0.1, 0.15) is 5.52 Å². The van der Waals surface area contributed by atoms with Gasteiger partial charge in [-0.2, -0.15) is 9.97 Å². The second-order valence-electron chi connectivity index (χ2n) is 14.7. The summed E-state index contributed by atoms with van der Waals surface area (Å²) in [5.74, 6) is 2.24. The SMILES string of the molecule is c1ccc(-c2ccc3c(c2)c2ccccc2n3-c2cccc3c4c5nc(-c6ccccc6)oc5ccc4n(-c4nc(-c5ccccc5)nc(-c5ccccc5)n4)c23)cc1. The van der Waals surface area contributed by atoms with E-state index >= 15 is 0 Å². The Morgan fingerprint density at radius 2 is 0.949 bits per heavy atom. The number of para-hydroxylation sites is 2. The summed E-state index contributed by atoms with van der Waals surface area (Å²) < 4.78 is 11.0. The van der Waals surface area contributed by atoms with Crippen molar-refractivity contribution < 1.29 is 4.42 Å². The van der Waals surface area contributed by atoms with Crippen molar-refractivity contribution in [2.24, 2.45) is 0 Å². The van der Waals surface area contributed by atoms with E-state index in [1.165, 1.54) is 21.9 Å². The standard InChI is InChI=1S/C52H32N6O/c1-5-16-33(17-6-1)37-28-29-42-40(32-37)38-24-13-14-26-41(38)57(42)44-27-15-25-39-46-43(30-31-45-47(46)53-51(59-45)36-22-11-4-12-23-36)58(48(39)44)52-55-49(34-18-7-2-8-19-34)54-50(56-52)35-20-9-3-10-21-35/h1-32H. The van der Waals surface area contributed by atoms with E-state index in [0.717, 1.165) is 60.7 Å². The fourth-order valence-corrected chi connectivity index (χ4v) is 8.56. The van der Waals surface area contributed by atoms with Gasteiger partial charge in [0.15, 0.2) is 17.2 Å². The first-order valence-electron chi connectivity index (χ1n) is 19.7. The van der Waals surface area contributed by atoms with E-state index in [2.05, 4.69) is 106 Å². The van der Waals surface area contributed by atoms with Gasteiger partial charge in [0.2, 0.25) is 11.8 Å². The molecule has 12 aromatic rings. The zero-order valence-corrected chi connectivity index (χ0v) is 31.6. The Kier molecular flexibility index (Phi) is 7.40. The van der Waals surface area contributed by atoms with Crippen molar-refractivity contribution in [1.29, 1.82) is 0 Å². The van der Waals surface area contributed by atoms with Gasteiger partial charge in [-0.05, 0) is 59.7 Å². The van der Waals surface area contributed by atoms with E-state index in [9.17, 15) is 0 Å². The highest BCUT2D eigenvalue weighted by Crippen LogP contribution is 2.43. The van der Waals surface area contributed by atoms with Crippen LogP contribution in [0.15, 0.2) is 199 Å². The van der Waals surface area contributed by atoms with E-state index in [1.54, 1.807) is 0 Å². The van der Waals surface area contributed by atoms with Gasteiger partial charge in [-0.15, -0.1) is 0 Å². The molecule has 59 heavy (non-hydrogen) atoms. The molecule has 0 fully saturated rings. The quantitative estimate of drug-likeness (QED) is 0.169. The Morgan fingerprint density at radius 3 is 1.64 bits per heavy atom. The van der Waals surface area contributed by atoms with Crippen LogP contribution in [0.2, 0.25) is 0 Å². The Labute approximate surface area is 338 Å². The molecule has 0 unspecified atom stereocenters. The molecular weight excluding hydrogens is 725 g/mol. The summed E-state index contributed by atoms with van der Waals surface area (Å²) in [7, 11) is 0. The Morgan fingerprint density at radius 1 is 0.373 bits per heavy atom. The molecular formula is C52H32N6O. The van der Waals surface area contributed by atoms with Crippen LogP contribution in [0.4, 0.5) is 0 Å². The minimum Gasteiger partial charge on any atom is -0.436 e. The van der Waals surface area contributed by atoms with Crippen LogP contribution >= 0.6 is 0 Å². The smallest absolute Gasteiger partial charge is 0.238 e. The first-order valence-corrected chi connectivity index (χ1v) is 19.7. The van der Waals surface area contributed by atoms with Crippen molar-refractivity contribution in [3.05, 3.63) is 194 Å². The fourth-order valence-electron chi connectivity index (χ4n) is 8.56. The van der Waals surface area contributed by atoms with Gasteiger partial charge in [-0.25, -0.2) is 9.97 Å². The maximum absolute atomic E-state index is 6.48. The lowest BCUT2D eigenvalue weighted by Gasteiger charge is -2.14. The molecule has 4 aromatic heterocycles.